The Balaban J connectivity index is 1.63. The van der Waals surface area contributed by atoms with Crippen LogP contribution in [0.3, 0.4) is 0 Å². The van der Waals surface area contributed by atoms with Gasteiger partial charge in [0.25, 0.3) is 11.7 Å². The van der Waals surface area contributed by atoms with E-state index < -0.39 is 65.0 Å². The van der Waals surface area contributed by atoms with Crippen molar-refractivity contribution >= 4 is 29.2 Å². The molecule has 13 heteroatoms. The van der Waals surface area contributed by atoms with Crippen molar-refractivity contribution in [1.29, 1.82) is 0 Å². The molecule has 0 unspecified atom stereocenters. The highest BCUT2D eigenvalue weighted by Gasteiger charge is 2.52. The summed E-state index contributed by atoms with van der Waals surface area (Å²) in [4.78, 5) is 67.7. The van der Waals surface area contributed by atoms with Gasteiger partial charge in [0.2, 0.25) is 5.78 Å². The number of allylic oxidation sites excluding steroid dienone is 4. The number of Topliss-reactive ketones (excluding diaryl/α,β-unsaturated/α-hetero) is 2. The summed E-state index contributed by atoms with van der Waals surface area (Å²) in [6, 6.07) is 0. The van der Waals surface area contributed by atoms with Crippen LogP contribution in [0.15, 0.2) is 47.9 Å². The molecule has 7 bridgehead atoms. The average molecular weight is 750 g/mol. The number of methoxy groups -OCH3 is 2. The number of nitrogens with one attached hydrogen (secondary N) is 1. The molecule has 1 N–H and O–H groups in total. The number of carbonyl (C=O) groups is 5. The zero-order valence-corrected chi connectivity index (χ0v) is 33.0. The zero-order valence-electron chi connectivity index (χ0n) is 33.0. The monoisotopic (exact) mass is 749 g/mol. The molecule has 1 amide bonds. The minimum absolute atomic E-state index is 0.0250. The lowest BCUT2D eigenvalue weighted by Crippen LogP contribution is -2.56. The van der Waals surface area contributed by atoms with Crippen molar-refractivity contribution in [2.75, 3.05) is 14.2 Å². The summed E-state index contributed by atoms with van der Waals surface area (Å²) in [5.74, 6) is -7.13. The van der Waals surface area contributed by atoms with Gasteiger partial charge >= 0.3 is 11.8 Å². The standard InChI is InChI=1S/C41H51NO12/c1-19-14-13-15-20(2)39(47)42-26-18-27(44)29-30(32(26)45)36(49-12)24(6)37-31(29)38(46)41(10,54-37)50-17-16-28(48-11)21(3)34(51-25(7)43)23(5)35-22(4)33(19)52-40(8,9)53-35/h13-19,21-23,28,33-35H,1-12H3,(H,42,47)/t19-,21+,22+,23+,28-,33+,34+,35-,41-/m0/s1. The third-order valence-corrected chi connectivity index (χ3v) is 10.7. The molecule has 0 radical (unpaired) electrons. The number of ketones is 3. The van der Waals surface area contributed by atoms with E-state index in [9.17, 15) is 24.0 Å². The summed E-state index contributed by atoms with van der Waals surface area (Å²) < 4.78 is 42.5. The Morgan fingerprint density at radius 3 is 2.17 bits per heavy atom. The molecular formula is C41H51NO12. The van der Waals surface area contributed by atoms with E-state index in [0.29, 0.717) is 5.56 Å². The number of hydrogen-bond donors (Lipinski definition) is 1. The number of hydrogen-bond acceptors (Lipinski definition) is 12. The molecule has 1 fully saturated rings. The van der Waals surface area contributed by atoms with Crippen LogP contribution in [0.4, 0.5) is 0 Å². The number of fused-ring (bicyclic) bond motifs is 10. The molecule has 13 nitrogen and oxygen atoms in total. The second-order valence-corrected chi connectivity index (χ2v) is 15.2. The van der Waals surface area contributed by atoms with Crippen molar-refractivity contribution < 1.29 is 57.1 Å². The second kappa shape index (κ2) is 15.3. The molecule has 4 heterocycles. The maximum absolute atomic E-state index is 14.1. The lowest BCUT2D eigenvalue weighted by atomic mass is 9.77. The fourth-order valence-corrected chi connectivity index (χ4v) is 7.95. The molecular weight excluding hydrogens is 698 g/mol. The van der Waals surface area contributed by atoms with E-state index in [1.54, 1.807) is 32.1 Å². The largest absolute Gasteiger partial charge is 0.496 e. The highest BCUT2D eigenvalue weighted by Crippen LogP contribution is 2.48. The molecule has 0 saturated carbocycles. The summed E-state index contributed by atoms with van der Waals surface area (Å²) >= 11 is 0. The number of rotatable bonds is 3. The first-order valence-electron chi connectivity index (χ1n) is 18.1. The first-order chi connectivity index (χ1) is 25.3. The van der Waals surface area contributed by atoms with Crippen molar-refractivity contribution in [2.45, 2.75) is 105 Å². The van der Waals surface area contributed by atoms with Crippen LogP contribution in [0.2, 0.25) is 0 Å². The Morgan fingerprint density at radius 1 is 0.870 bits per heavy atom. The fraction of sp³-hybridized carbons (Fsp3) is 0.537. The minimum Gasteiger partial charge on any atom is -0.496 e. The van der Waals surface area contributed by atoms with Crippen LogP contribution in [-0.2, 0) is 33.3 Å². The van der Waals surface area contributed by atoms with Crippen molar-refractivity contribution in [3.05, 3.63) is 70.2 Å². The molecule has 9 atom stereocenters. The Hall–Kier alpha value is -4.59. The molecule has 0 aromatic heterocycles. The summed E-state index contributed by atoms with van der Waals surface area (Å²) in [6.07, 6.45) is 7.04. The van der Waals surface area contributed by atoms with Gasteiger partial charge in [0.15, 0.2) is 11.6 Å². The summed E-state index contributed by atoms with van der Waals surface area (Å²) in [5, 5.41) is 2.57. The Bertz CT molecular complexity index is 1870. The van der Waals surface area contributed by atoms with E-state index in [0.717, 1.165) is 6.08 Å². The first kappa shape index (κ1) is 40.6. The maximum Gasteiger partial charge on any atom is 0.312 e. The predicted molar refractivity (Wildman–Crippen MR) is 196 cm³/mol. The van der Waals surface area contributed by atoms with E-state index in [-0.39, 0.29) is 63.3 Å². The van der Waals surface area contributed by atoms with Crippen molar-refractivity contribution in [2.24, 2.45) is 23.7 Å². The van der Waals surface area contributed by atoms with Gasteiger partial charge in [-0.1, -0.05) is 45.9 Å². The van der Waals surface area contributed by atoms with Gasteiger partial charge in [0.05, 0.1) is 54.1 Å². The second-order valence-electron chi connectivity index (χ2n) is 15.2. The van der Waals surface area contributed by atoms with E-state index >= 15 is 0 Å². The Labute approximate surface area is 316 Å². The summed E-state index contributed by atoms with van der Waals surface area (Å²) in [7, 11) is 2.84. The highest BCUT2D eigenvalue weighted by atomic mass is 16.7. The van der Waals surface area contributed by atoms with Gasteiger partial charge in [-0.3, -0.25) is 24.0 Å². The van der Waals surface area contributed by atoms with Gasteiger partial charge in [-0.25, -0.2) is 0 Å². The van der Waals surface area contributed by atoms with E-state index in [1.807, 2.05) is 47.6 Å². The third-order valence-electron chi connectivity index (χ3n) is 10.7. The van der Waals surface area contributed by atoms with Gasteiger partial charge in [-0.05, 0) is 33.8 Å². The van der Waals surface area contributed by atoms with Crippen molar-refractivity contribution in [3.63, 3.8) is 0 Å². The van der Waals surface area contributed by atoms with Crippen LogP contribution < -0.4 is 14.8 Å². The molecule has 5 aliphatic rings. The fourth-order valence-electron chi connectivity index (χ4n) is 7.95. The van der Waals surface area contributed by atoms with Crippen LogP contribution in [0.25, 0.3) is 0 Å². The third kappa shape index (κ3) is 7.41. The van der Waals surface area contributed by atoms with Gasteiger partial charge in [-0.2, -0.15) is 0 Å². The van der Waals surface area contributed by atoms with Crippen LogP contribution in [0.1, 0.15) is 99.0 Å². The normalized spacial score (nSPS) is 32.6. The van der Waals surface area contributed by atoms with Crippen LogP contribution >= 0.6 is 0 Å². The average Bonchev–Trinajstić information content (AvgIpc) is 3.37. The SMILES string of the molecule is COc1c(C)c2c3c4c1C(=O)C(=CC4=O)NC(=O)C(C)=CC=C[C@H](C)[C@H]1OC(C)(C)O[C@H]([C@H](C)[C@H](OC(C)=O)[C@H](C)[C@@H](OC)C=CO[C@@](C)(O2)C3=O)[C@@H]1C. The molecule has 0 spiro atoms. The molecule has 6 rings (SSSR count). The quantitative estimate of drug-likeness (QED) is 0.374. The number of amides is 1. The zero-order chi connectivity index (χ0) is 40.0. The lowest BCUT2D eigenvalue weighted by Gasteiger charge is -2.50. The lowest BCUT2D eigenvalue weighted by molar-refractivity contribution is -0.336. The van der Waals surface area contributed by atoms with Crippen molar-refractivity contribution in [1.82, 2.24) is 5.32 Å². The number of ether oxygens (including phenoxy) is 7. The van der Waals surface area contributed by atoms with Crippen LogP contribution in [-0.4, -0.2) is 79.4 Å². The summed E-state index contributed by atoms with van der Waals surface area (Å²) in [5.41, 5.74) is -0.202. The molecule has 4 aliphatic heterocycles. The van der Waals surface area contributed by atoms with Crippen molar-refractivity contribution in [3.8, 4) is 11.5 Å². The highest BCUT2D eigenvalue weighted by molar-refractivity contribution is 6.31. The molecule has 54 heavy (non-hydrogen) atoms. The van der Waals surface area contributed by atoms with Gasteiger partial charge in [0, 0.05) is 61.8 Å². The predicted octanol–water partition coefficient (Wildman–Crippen LogP) is 5.73. The number of esters is 1. The Morgan fingerprint density at radius 2 is 1.54 bits per heavy atom. The number of benzene rings is 1. The summed E-state index contributed by atoms with van der Waals surface area (Å²) in [6.45, 7) is 17.5. The molecule has 1 aliphatic carbocycles. The topological polar surface area (TPSA) is 162 Å². The minimum atomic E-state index is -1.94. The van der Waals surface area contributed by atoms with Crippen LogP contribution in [0, 0.1) is 30.6 Å². The van der Waals surface area contributed by atoms with Gasteiger partial charge in [-0.15, -0.1) is 0 Å². The van der Waals surface area contributed by atoms with Gasteiger partial charge < -0.3 is 38.5 Å². The first-order valence-corrected chi connectivity index (χ1v) is 18.1. The number of carbonyl (C=O) groups excluding carboxylic acids is 5. The molecule has 1 aromatic carbocycles. The smallest absolute Gasteiger partial charge is 0.312 e. The van der Waals surface area contributed by atoms with E-state index in [2.05, 4.69) is 5.32 Å². The molecule has 1 saturated heterocycles. The van der Waals surface area contributed by atoms with Gasteiger partial charge in [0.1, 0.15) is 17.6 Å². The maximum atomic E-state index is 14.1. The van der Waals surface area contributed by atoms with E-state index in [4.69, 9.17) is 33.2 Å². The van der Waals surface area contributed by atoms with Crippen LogP contribution in [0.5, 0.6) is 11.5 Å². The molecule has 1 aromatic rings. The Kier molecular flexibility index (Phi) is 11.5. The molecule has 292 valence electrons. The van der Waals surface area contributed by atoms with E-state index in [1.165, 1.54) is 34.3 Å².